The van der Waals surface area contributed by atoms with Crippen molar-refractivity contribution in [3.8, 4) is 5.75 Å². The van der Waals surface area contributed by atoms with Crippen molar-refractivity contribution >= 4 is 6.09 Å². The molecule has 1 amide bonds. The minimum atomic E-state index is -0.559. The number of halogens is 1. The second kappa shape index (κ2) is 11.7. The van der Waals surface area contributed by atoms with Gasteiger partial charge in [0.05, 0.1) is 19.3 Å². The zero-order valence-corrected chi connectivity index (χ0v) is 16.4. The van der Waals surface area contributed by atoms with Crippen LogP contribution in [0.15, 0.2) is 24.3 Å². The maximum Gasteiger partial charge on any atom is 0.408 e. The molecule has 1 saturated heterocycles. The lowest BCUT2D eigenvalue weighted by Crippen LogP contribution is -2.46. The van der Waals surface area contributed by atoms with E-state index in [1.165, 1.54) is 24.3 Å². The highest BCUT2D eigenvalue weighted by atomic mass is 19.1. The third-order valence-electron chi connectivity index (χ3n) is 2.83. The topological polar surface area (TPSA) is 56.8 Å². The molecule has 2 atom stereocenters. The zero-order chi connectivity index (χ0) is 19.5. The van der Waals surface area contributed by atoms with E-state index in [4.69, 9.17) is 14.2 Å². The van der Waals surface area contributed by atoms with E-state index in [-0.39, 0.29) is 18.0 Å². The number of ether oxygens (including phenoxy) is 3. The van der Waals surface area contributed by atoms with Gasteiger partial charge in [0.15, 0.2) is 0 Å². The normalized spacial score (nSPS) is 18.9. The van der Waals surface area contributed by atoms with Crippen LogP contribution in [-0.4, -0.2) is 37.1 Å². The Labute approximate surface area is 150 Å². The van der Waals surface area contributed by atoms with Crippen molar-refractivity contribution in [1.29, 1.82) is 0 Å². The summed E-state index contributed by atoms with van der Waals surface area (Å²) in [7, 11) is 0. The molecule has 0 saturated carbocycles. The number of nitrogens with one attached hydrogen (secondary N) is 1. The van der Waals surface area contributed by atoms with Gasteiger partial charge >= 0.3 is 6.09 Å². The van der Waals surface area contributed by atoms with Crippen LogP contribution in [0.2, 0.25) is 0 Å². The second-order valence-corrected chi connectivity index (χ2v) is 5.90. The fourth-order valence-corrected chi connectivity index (χ4v) is 1.93. The predicted octanol–water partition coefficient (Wildman–Crippen LogP) is 4.55. The van der Waals surface area contributed by atoms with E-state index in [9.17, 15) is 9.18 Å². The van der Waals surface area contributed by atoms with Crippen LogP contribution in [0.3, 0.4) is 0 Å². The third kappa shape index (κ3) is 9.29. The molecule has 2 unspecified atom stereocenters. The molecule has 25 heavy (non-hydrogen) atoms. The highest BCUT2D eigenvalue weighted by Gasteiger charge is 2.32. The highest BCUT2D eigenvalue weighted by Crippen LogP contribution is 2.18. The lowest BCUT2D eigenvalue weighted by atomic mass is 10.2. The minimum absolute atomic E-state index is 0.301. The van der Waals surface area contributed by atoms with Crippen LogP contribution in [0.25, 0.3) is 0 Å². The number of hydrogen-bond donors (Lipinski definition) is 1. The molecule has 1 N–H and O–H groups in total. The molecule has 1 aromatic rings. The Morgan fingerprint density at radius 3 is 2.20 bits per heavy atom. The number of amides is 1. The quantitative estimate of drug-likeness (QED) is 0.862. The van der Waals surface area contributed by atoms with Crippen molar-refractivity contribution < 1.29 is 23.4 Å². The molecule has 0 aliphatic carbocycles. The number of benzene rings is 1. The van der Waals surface area contributed by atoms with E-state index >= 15 is 0 Å². The molecule has 5 nitrogen and oxygen atoms in total. The number of alkyl carbamates (subject to hydrolysis) is 1. The average molecular weight is 357 g/mol. The van der Waals surface area contributed by atoms with Crippen LogP contribution in [0.1, 0.15) is 48.5 Å². The molecule has 1 heterocycles. The fourth-order valence-electron chi connectivity index (χ4n) is 1.93. The van der Waals surface area contributed by atoms with E-state index in [1.54, 1.807) is 20.8 Å². The monoisotopic (exact) mass is 357 g/mol. The van der Waals surface area contributed by atoms with E-state index < -0.39 is 11.7 Å². The van der Waals surface area contributed by atoms with E-state index in [0.717, 1.165) is 0 Å². The summed E-state index contributed by atoms with van der Waals surface area (Å²) in [5.74, 6) is 0.205. The first-order valence-electron chi connectivity index (χ1n) is 8.83. The summed E-state index contributed by atoms with van der Waals surface area (Å²) >= 11 is 0. The first-order valence-corrected chi connectivity index (χ1v) is 8.83. The van der Waals surface area contributed by atoms with Gasteiger partial charge in [-0.2, -0.15) is 0 Å². The van der Waals surface area contributed by atoms with Crippen molar-refractivity contribution in [1.82, 2.24) is 5.32 Å². The summed E-state index contributed by atoms with van der Waals surface area (Å²) in [6, 6.07) is 5.42. The Morgan fingerprint density at radius 1 is 1.12 bits per heavy atom. The van der Waals surface area contributed by atoms with Gasteiger partial charge in [0.25, 0.3) is 0 Å². The summed E-state index contributed by atoms with van der Waals surface area (Å²) < 4.78 is 29.1. The Hall–Kier alpha value is -1.82. The standard InChI is InChI=1S/C15H20FNO4.2C2H6/c1-15(2,3)21-14(18)17-12-8-19-9-13(12)20-11-6-4-10(16)5-7-11;2*1-2/h4-7,12-13H,8-9H2,1-3H3,(H,17,18);2*1-2H3. The smallest absolute Gasteiger partial charge is 0.408 e. The van der Waals surface area contributed by atoms with E-state index in [1.807, 2.05) is 27.7 Å². The predicted molar refractivity (Wildman–Crippen MR) is 97.5 cm³/mol. The van der Waals surface area contributed by atoms with Gasteiger partial charge in [-0.25, -0.2) is 9.18 Å². The van der Waals surface area contributed by atoms with Crippen molar-refractivity contribution in [2.45, 2.75) is 66.2 Å². The van der Waals surface area contributed by atoms with E-state index in [2.05, 4.69) is 5.32 Å². The fraction of sp³-hybridized carbons (Fsp3) is 0.632. The van der Waals surface area contributed by atoms with Gasteiger partial charge in [0.2, 0.25) is 0 Å². The van der Waals surface area contributed by atoms with Crippen LogP contribution in [0, 0.1) is 5.82 Å². The number of hydrogen-bond acceptors (Lipinski definition) is 4. The van der Waals surface area contributed by atoms with Gasteiger partial charge in [0.1, 0.15) is 23.3 Å². The Morgan fingerprint density at radius 2 is 1.68 bits per heavy atom. The Balaban J connectivity index is 0.00000134. The molecule has 0 radical (unpaired) electrons. The molecular weight excluding hydrogens is 325 g/mol. The van der Waals surface area contributed by atoms with Gasteiger partial charge in [-0.3, -0.25) is 0 Å². The Bertz CT molecular complexity index is 485. The van der Waals surface area contributed by atoms with Gasteiger partial charge in [-0.05, 0) is 45.0 Å². The average Bonchev–Trinajstić information content (AvgIpc) is 2.98. The molecule has 1 fully saturated rings. The summed E-state index contributed by atoms with van der Waals surface area (Å²) in [4.78, 5) is 11.8. The van der Waals surface area contributed by atoms with E-state index in [0.29, 0.717) is 19.0 Å². The largest absolute Gasteiger partial charge is 0.486 e. The van der Waals surface area contributed by atoms with Crippen LogP contribution in [0.4, 0.5) is 9.18 Å². The van der Waals surface area contributed by atoms with Gasteiger partial charge in [-0.15, -0.1) is 0 Å². The van der Waals surface area contributed by atoms with Crippen LogP contribution >= 0.6 is 0 Å². The lowest BCUT2D eigenvalue weighted by molar-refractivity contribution is 0.0472. The summed E-state index contributed by atoms with van der Waals surface area (Å²) in [5.41, 5.74) is -0.559. The summed E-state index contributed by atoms with van der Waals surface area (Å²) in [6.07, 6.45) is -0.839. The van der Waals surface area contributed by atoms with Gasteiger partial charge < -0.3 is 19.5 Å². The molecule has 1 aliphatic rings. The van der Waals surface area contributed by atoms with Crippen LogP contribution < -0.4 is 10.1 Å². The maximum absolute atomic E-state index is 12.9. The van der Waals surface area contributed by atoms with Crippen molar-refractivity contribution in [2.24, 2.45) is 0 Å². The van der Waals surface area contributed by atoms with Crippen LogP contribution in [-0.2, 0) is 9.47 Å². The molecule has 6 heteroatoms. The second-order valence-electron chi connectivity index (χ2n) is 5.90. The number of carbonyl (C=O) groups is 1. The highest BCUT2D eigenvalue weighted by molar-refractivity contribution is 5.68. The summed E-state index contributed by atoms with van der Waals surface area (Å²) in [5, 5.41) is 2.73. The summed E-state index contributed by atoms with van der Waals surface area (Å²) in [6.45, 7) is 14.1. The van der Waals surface area contributed by atoms with Crippen molar-refractivity contribution in [3.05, 3.63) is 30.1 Å². The third-order valence-corrected chi connectivity index (χ3v) is 2.83. The SMILES string of the molecule is CC.CC.CC(C)(C)OC(=O)NC1COCC1Oc1ccc(F)cc1. The first kappa shape index (κ1) is 23.2. The van der Waals surface area contributed by atoms with Crippen LogP contribution in [0.5, 0.6) is 5.75 Å². The Kier molecular flexibility index (Phi) is 10.8. The molecule has 2 rings (SSSR count). The van der Waals surface area contributed by atoms with Crippen molar-refractivity contribution in [2.75, 3.05) is 13.2 Å². The number of carbonyl (C=O) groups excluding carboxylic acids is 1. The molecule has 0 bridgehead atoms. The number of rotatable bonds is 3. The van der Waals surface area contributed by atoms with Gasteiger partial charge in [0, 0.05) is 0 Å². The minimum Gasteiger partial charge on any atom is -0.486 e. The first-order chi connectivity index (χ1) is 11.8. The molecule has 1 aliphatic heterocycles. The molecule has 144 valence electrons. The molecule has 1 aromatic carbocycles. The van der Waals surface area contributed by atoms with Crippen molar-refractivity contribution in [3.63, 3.8) is 0 Å². The molecule has 0 spiro atoms. The lowest BCUT2D eigenvalue weighted by Gasteiger charge is -2.24. The zero-order valence-electron chi connectivity index (χ0n) is 16.4. The molecular formula is C19H32FNO4. The van der Waals surface area contributed by atoms with Gasteiger partial charge in [-0.1, -0.05) is 27.7 Å². The molecule has 0 aromatic heterocycles. The maximum atomic E-state index is 12.9.